The Kier molecular flexibility index (Phi) is 7.80. The summed E-state index contributed by atoms with van der Waals surface area (Å²) in [5.41, 5.74) is 11.9. The molecule has 0 saturated carbocycles. The summed E-state index contributed by atoms with van der Waals surface area (Å²) in [6.45, 7) is 14.9. The van der Waals surface area contributed by atoms with E-state index in [2.05, 4.69) is 118 Å². The van der Waals surface area contributed by atoms with Crippen molar-refractivity contribution in [2.24, 2.45) is 0 Å². The molecule has 0 spiro atoms. The zero-order chi connectivity index (χ0) is 27.8. The quantitative estimate of drug-likeness (QED) is 0.346. The van der Waals surface area contributed by atoms with Gasteiger partial charge in [0.05, 0.1) is 5.41 Å². The average Bonchev–Trinajstić information content (AvgIpc) is 3.30. The van der Waals surface area contributed by atoms with Crippen LogP contribution in [0.25, 0.3) is 0 Å². The fourth-order valence-electron chi connectivity index (χ4n) is 6.78. The Hall–Kier alpha value is -2.84. The van der Waals surface area contributed by atoms with Gasteiger partial charge in [-0.1, -0.05) is 88.2 Å². The molecule has 0 atom stereocenters. The molecule has 0 unspecified atom stereocenters. The van der Waals surface area contributed by atoms with E-state index in [4.69, 9.17) is 11.6 Å². The summed E-state index contributed by atoms with van der Waals surface area (Å²) >= 11 is 7.09. The van der Waals surface area contributed by atoms with Crippen LogP contribution in [0.1, 0.15) is 90.3 Å². The van der Waals surface area contributed by atoms with E-state index in [-0.39, 0.29) is 10.8 Å². The summed E-state index contributed by atoms with van der Waals surface area (Å²) in [5, 5.41) is 4.64. The number of aryl methyl sites for hydroxylation is 1. The predicted molar refractivity (Wildman–Crippen MR) is 169 cm³/mol. The van der Waals surface area contributed by atoms with Crippen LogP contribution in [0.4, 0.5) is 11.4 Å². The molecule has 39 heavy (non-hydrogen) atoms. The molecular formula is C36H44ClN2+. The van der Waals surface area contributed by atoms with Crippen LogP contribution in [-0.4, -0.2) is 16.8 Å². The van der Waals surface area contributed by atoms with Gasteiger partial charge in [-0.3, -0.25) is 0 Å². The highest BCUT2D eigenvalue weighted by atomic mass is 35.5. The second kappa shape index (κ2) is 11.0. The van der Waals surface area contributed by atoms with Gasteiger partial charge in [0.25, 0.3) is 0 Å². The van der Waals surface area contributed by atoms with Crippen molar-refractivity contribution in [2.45, 2.75) is 90.9 Å². The zero-order valence-corrected chi connectivity index (χ0v) is 25.4. The molecule has 2 aliphatic heterocycles. The molecule has 3 aliphatic rings. The molecule has 0 aromatic heterocycles. The van der Waals surface area contributed by atoms with Gasteiger partial charge >= 0.3 is 0 Å². The zero-order valence-electron chi connectivity index (χ0n) is 24.6. The van der Waals surface area contributed by atoms with E-state index in [9.17, 15) is 0 Å². The Balaban J connectivity index is 1.45. The van der Waals surface area contributed by atoms with E-state index >= 15 is 0 Å². The van der Waals surface area contributed by atoms with Crippen molar-refractivity contribution in [1.82, 2.24) is 0 Å². The number of nitrogens with one attached hydrogen (secondary N) is 1. The fourth-order valence-corrected chi connectivity index (χ4v) is 7.10. The largest absolute Gasteiger partial charge is 0.358 e. The van der Waals surface area contributed by atoms with Crippen molar-refractivity contribution < 1.29 is 4.58 Å². The van der Waals surface area contributed by atoms with Gasteiger partial charge in [-0.2, -0.15) is 4.58 Å². The predicted octanol–water partition coefficient (Wildman–Crippen LogP) is 9.87. The molecule has 5 rings (SSSR count). The van der Waals surface area contributed by atoms with Crippen LogP contribution in [0.3, 0.4) is 0 Å². The monoisotopic (exact) mass is 539 g/mol. The number of allylic oxidation sites excluding steroid dienone is 8. The lowest BCUT2D eigenvalue weighted by Gasteiger charge is -2.23. The highest BCUT2D eigenvalue weighted by Crippen LogP contribution is 2.46. The van der Waals surface area contributed by atoms with Gasteiger partial charge < -0.3 is 5.32 Å². The van der Waals surface area contributed by atoms with Crippen molar-refractivity contribution in [3.63, 3.8) is 0 Å². The molecule has 1 aliphatic carbocycles. The number of benzene rings is 2. The van der Waals surface area contributed by atoms with E-state index in [1.165, 1.54) is 50.6 Å². The Labute approximate surface area is 240 Å². The van der Waals surface area contributed by atoms with Crippen molar-refractivity contribution in [3.05, 3.63) is 105 Å². The minimum atomic E-state index is -0.0474. The lowest BCUT2D eigenvalue weighted by molar-refractivity contribution is -0.437. The molecule has 2 aromatic rings. The minimum Gasteiger partial charge on any atom is -0.358 e. The summed E-state index contributed by atoms with van der Waals surface area (Å²) < 4.78 is 2.50. The number of halogens is 1. The van der Waals surface area contributed by atoms with Crippen LogP contribution in [0.2, 0.25) is 0 Å². The van der Waals surface area contributed by atoms with Crippen LogP contribution in [0, 0.1) is 0 Å². The number of fused-ring (bicyclic) bond motifs is 2. The van der Waals surface area contributed by atoms with Crippen molar-refractivity contribution in [1.29, 1.82) is 0 Å². The number of para-hydroxylation sites is 1. The number of hydrogen-bond donors (Lipinski definition) is 1. The average molecular weight is 540 g/mol. The maximum Gasteiger partial charge on any atom is 0.209 e. The van der Waals surface area contributed by atoms with E-state index in [1.54, 1.807) is 0 Å². The van der Waals surface area contributed by atoms with E-state index in [1.807, 2.05) is 0 Å². The molecule has 2 heterocycles. The molecule has 0 amide bonds. The Morgan fingerprint density at radius 1 is 0.897 bits per heavy atom. The molecule has 0 saturated heterocycles. The number of anilines is 1. The molecule has 3 heteroatoms. The first-order valence-electron chi connectivity index (χ1n) is 14.8. The van der Waals surface area contributed by atoms with Crippen LogP contribution in [0.5, 0.6) is 0 Å². The Bertz CT molecular complexity index is 1430. The van der Waals surface area contributed by atoms with Gasteiger partial charge in [-0.15, -0.1) is 0 Å². The molecular weight excluding hydrogens is 496 g/mol. The minimum absolute atomic E-state index is 0.0294. The SMILES string of the molecule is CCCc1cccc2c1C(C)(C)C(=CC=C1CCCC(C=CC3=[N+](CCC)c4ccccc4C3(C)C)=C1Cl)N2. The van der Waals surface area contributed by atoms with E-state index in [0.29, 0.717) is 0 Å². The lowest BCUT2D eigenvalue weighted by atomic mass is 9.80. The first kappa shape index (κ1) is 27.7. The first-order chi connectivity index (χ1) is 18.7. The Morgan fingerprint density at radius 3 is 2.46 bits per heavy atom. The van der Waals surface area contributed by atoms with Crippen molar-refractivity contribution in [3.8, 4) is 0 Å². The van der Waals surface area contributed by atoms with Crippen LogP contribution < -0.4 is 5.32 Å². The maximum atomic E-state index is 7.09. The second-order valence-corrected chi connectivity index (χ2v) is 12.7. The summed E-state index contributed by atoms with van der Waals surface area (Å²) in [6.07, 6.45) is 15.7. The molecule has 2 nitrogen and oxygen atoms in total. The van der Waals surface area contributed by atoms with Gasteiger partial charge in [0, 0.05) is 46.0 Å². The summed E-state index contributed by atoms with van der Waals surface area (Å²) in [4.78, 5) is 0. The first-order valence-corrected chi connectivity index (χ1v) is 15.2. The normalized spacial score (nSPS) is 21.7. The number of nitrogens with zero attached hydrogens (tertiary/aromatic N) is 1. The maximum absolute atomic E-state index is 7.09. The van der Waals surface area contributed by atoms with Gasteiger partial charge in [-0.05, 0) is 73.9 Å². The van der Waals surface area contributed by atoms with Gasteiger partial charge in [0.2, 0.25) is 5.69 Å². The van der Waals surface area contributed by atoms with E-state index < -0.39 is 0 Å². The molecule has 0 fully saturated rings. The topological polar surface area (TPSA) is 15.0 Å². The smallest absolute Gasteiger partial charge is 0.209 e. The fraction of sp³-hybridized carbons (Fsp3) is 0.417. The highest BCUT2D eigenvalue weighted by molar-refractivity contribution is 6.32. The summed E-state index contributed by atoms with van der Waals surface area (Å²) in [6, 6.07) is 15.5. The third-order valence-electron chi connectivity index (χ3n) is 8.83. The van der Waals surface area contributed by atoms with Gasteiger partial charge in [0.1, 0.15) is 6.54 Å². The molecule has 1 N–H and O–H groups in total. The Morgan fingerprint density at radius 2 is 1.69 bits per heavy atom. The van der Waals surface area contributed by atoms with Crippen LogP contribution in [-0.2, 0) is 17.3 Å². The summed E-state index contributed by atoms with van der Waals surface area (Å²) in [7, 11) is 0. The van der Waals surface area contributed by atoms with Gasteiger partial charge in [-0.25, -0.2) is 0 Å². The standard InChI is InChI=1S/C36H43ClN2/c1-7-13-25-14-12-18-29-33(25)36(5,6)31(38-29)22-20-26-15-11-16-27(34(26)37)21-23-32-35(3,4)28-17-9-10-19-30(28)39(32)24-8-2/h9-10,12,14,17-23H,7-8,11,13,15-16,24H2,1-6H3/p+1. The lowest BCUT2D eigenvalue weighted by Crippen LogP contribution is -2.27. The van der Waals surface area contributed by atoms with Crippen molar-refractivity contribution in [2.75, 3.05) is 11.9 Å². The summed E-state index contributed by atoms with van der Waals surface area (Å²) in [5.74, 6) is 0. The van der Waals surface area contributed by atoms with Gasteiger partial charge in [0.15, 0.2) is 5.71 Å². The van der Waals surface area contributed by atoms with Crippen molar-refractivity contribution >= 4 is 28.7 Å². The van der Waals surface area contributed by atoms with E-state index in [0.717, 1.165) is 50.1 Å². The highest BCUT2D eigenvalue weighted by Gasteiger charge is 2.43. The number of rotatable bonds is 7. The second-order valence-electron chi connectivity index (χ2n) is 12.3. The molecule has 0 radical (unpaired) electrons. The van der Waals surface area contributed by atoms with Crippen LogP contribution in [0.15, 0.2) is 88.6 Å². The van der Waals surface area contributed by atoms with Crippen LogP contribution >= 0.6 is 11.6 Å². The third-order valence-corrected chi connectivity index (χ3v) is 9.32. The number of hydrogen-bond acceptors (Lipinski definition) is 1. The molecule has 0 bridgehead atoms. The molecule has 2 aromatic carbocycles. The molecule has 204 valence electrons. The third kappa shape index (κ3) is 4.97.